The monoisotopic (exact) mass is 377 g/mol. The molecule has 0 unspecified atom stereocenters. The topological polar surface area (TPSA) is 61.9 Å². The van der Waals surface area contributed by atoms with Gasteiger partial charge in [-0.15, -0.1) is 11.8 Å². The van der Waals surface area contributed by atoms with Gasteiger partial charge in [-0.25, -0.2) is 0 Å². The Kier molecular flexibility index (Phi) is 6.80. The van der Waals surface area contributed by atoms with E-state index in [1.54, 1.807) is 23.8 Å². The van der Waals surface area contributed by atoms with Gasteiger partial charge in [0.15, 0.2) is 0 Å². The van der Waals surface area contributed by atoms with Crippen molar-refractivity contribution in [3.8, 4) is 5.75 Å². The SMILES string of the molecule is COc1ccc(CN2CCC(CNC(=O)CN3CSCC3=O)CC2)cc1. The van der Waals surface area contributed by atoms with Crippen molar-refractivity contribution in [2.45, 2.75) is 19.4 Å². The number of methoxy groups -OCH3 is 1. The first-order valence-corrected chi connectivity index (χ1v) is 10.3. The van der Waals surface area contributed by atoms with Crippen LogP contribution in [-0.4, -0.2) is 66.5 Å². The standard InChI is InChI=1S/C19H27N3O3S/c1-25-17-4-2-16(3-5-17)11-21-8-6-15(7-9-21)10-20-18(23)12-22-14-26-13-19(22)24/h2-5,15H,6-14H2,1H3,(H,20,23). The minimum Gasteiger partial charge on any atom is -0.497 e. The summed E-state index contributed by atoms with van der Waals surface area (Å²) in [5.74, 6) is 2.57. The summed E-state index contributed by atoms with van der Waals surface area (Å²) in [5.41, 5.74) is 1.30. The second-order valence-electron chi connectivity index (χ2n) is 6.94. The zero-order valence-corrected chi connectivity index (χ0v) is 16.1. The summed E-state index contributed by atoms with van der Waals surface area (Å²) in [6, 6.07) is 8.23. The maximum atomic E-state index is 12.0. The van der Waals surface area contributed by atoms with E-state index in [1.165, 1.54) is 5.56 Å². The molecular weight excluding hydrogens is 350 g/mol. The highest BCUT2D eigenvalue weighted by atomic mass is 32.2. The van der Waals surface area contributed by atoms with E-state index in [-0.39, 0.29) is 18.4 Å². The number of carbonyl (C=O) groups is 2. The van der Waals surface area contributed by atoms with Crippen molar-refractivity contribution in [3.63, 3.8) is 0 Å². The maximum absolute atomic E-state index is 12.0. The van der Waals surface area contributed by atoms with Crippen LogP contribution in [0.2, 0.25) is 0 Å². The van der Waals surface area contributed by atoms with Crippen LogP contribution in [-0.2, 0) is 16.1 Å². The van der Waals surface area contributed by atoms with Crippen molar-refractivity contribution >= 4 is 23.6 Å². The molecule has 1 N–H and O–H groups in total. The van der Waals surface area contributed by atoms with Gasteiger partial charge in [-0.3, -0.25) is 14.5 Å². The van der Waals surface area contributed by atoms with Crippen LogP contribution in [0.4, 0.5) is 0 Å². The molecular formula is C19H27N3O3S. The quantitative estimate of drug-likeness (QED) is 0.781. The van der Waals surface area contributed by atoms with Gasteiger partial charge >= 0.3 is 0 Å². The van der Waals surface area contributed by atoms with Gasteiger partial charge in [0.25, 0.3) is 0 Å². The average Bonchev–Trinajstić information content (AvgIpc) is 3.06. The summed E-state index contributed by atoms with van der Waals surface area (Å²) in [7, 11) is 1.68. The van der Waals surface area contributed by atoms with Crippen molar-refractivity contribution in [1.82, 2.24) is 15.1 Å². The molecule has 7 heteroatoms. The van der Waals surface area contributed by atoms with E-state index in [1.807, 2.05) is 12.1 Å². The van der Waals surface area contributed by atoms with Crippen LogP contribution in [0.25, 0.3) is 0 Å². The third-order valence-corrected chi connectivity index (χ3v) is 5.97. The Labute approximate surface area is 159 Å². The Hall–Kier alpha value is -1.73. The van der Waals surface area contributed by atoms with Crippen LogP contribution < -0.4 is 10.1 Å². The van der Waals surface area contributed by atoms with Gasteiger partial charge in [-0.05, 0) is 49.5 Å². The molecule has 2 amide bonds. The Bertz CT molecular complexity index is 615. The van der Waals surface area contributed by atoms with Gasteiger partial charge in [0.1, 0.15) is 12.3 Å². The Balaban J connectivity index is 1.34. The molecule has 0 radical (unpaired) electrons. The molecule has 3 rings (SSSR count). The number of amides is 2. The van der Waals surface area contributed by atoms with Crippen LogP contribution in [0.5, 0.6) is 5.75 Å². The molecule has 2 aliphatic rings. The summed E-state index contributed by atoms with van der Waals surface area (Å²) in [6.45, 7) is 3.96. The predicted molar refractivity (Wildman–Crippen MR) is 103 cm³/mol. The zero-order chi connectivity index (χ0) is 18.4. The van der Waals surface area contributed by atoms with E-state index in [0.29, 0.717) is 24.1 Å². The lowest BCUT2D eigenvalue weighted by Crippen LogP contribution is -2.42. The largest absolute Gasteiger partial charge is 0.497 e. The molecule has 0 aliphatic carbocycles. The van der Waals surface area contributed by atoms with Crippen molar-refractivity contribution in [1.29, 1.82) is 0 Å². The Morgan fingerprint density at radius 1 is 1.27 bits per heavy atom. The smallest absolute Gasteiger partial charge is 0.239 e. The molecule has 0 aromatic heterocycles. The second-order valence-corrected chi connectivity index (χ2v) is 7.90. The van der Waals surface area contributed by atoms with Gasteiger partial charge in [0, 0.05) is 13.1 Å². The molecule has 6 nitrogen and oxygen atoms in total. The molecule has 2 saturated heterocycles. The summed E-state index contributed by atoms with van der Waals surface area (Å²) in [6.07, 6.45) is 2.18. The molecule has 142 valence electrons. The summed E-state index contributed by atoms with van der Waals surface area (Å²) < 4.78 is 5.20. The highest BCUT2D eigenvalue weighted by molar-refractivity contribution is 8.00. The molecule has 0 bridgehead atoms. The lowest BCUT2D eigenvalue weighted by molar-refractivity contribution is -0.132. The van der Waals surface area contributed by atoms with E-state index >= 15 is 0 Å². The van der Waals surface area contributed by atoms with E-state index < -0.39 is 0 Å². The fourth-order valence-electron chi connectivity index (χ4n) is 3.37. The van der Waals surface area contributed by atoms with Crippen LogP contribution in [0.3, 0.4) is 0 Å². The first kappa shape index (κ1) is 19.0. The first-order valence-electron chi connectivity index (χ1n) is 9.11. The van der Waals surface area contributed by atoms with Crippen LogP contribution >= 0.6 is 11.8 Å². The number of rotatable bonds is 7. The lowest BCUT2D eigenvalue weighted by Gasteiger charge is -2.32. The molecule has 2 aliphatic heterocycles. The molecule has 2 fully saturated rings. The lowest BCUT2D eigenvalue weighted by atomic mass is 9.96. The first-order chi connectivity index (χ1) is 12.6. The van der Waals surface area contributed by atoms with Gasteiger partial charge in [0.05, 0.1) is 18.7 Å². The van der Waals surface area contributed by atoms with Crippen molar-refractivity contribution in [3.05, 3.63) is 29.8 Å². The van der Waals surface area contributed by atoms with E-state index in [0.717, 1.165) is 38.2 Å². The second kappa shape index (κ2) is 9.28. The number of likely N-dealkylation sites (tertiary alicyclic amines) is 1. The maximum Gasteiger partial charge on any atom is 0.239 e. The Morgan fingerprint density at radius 3 is 2.62 bits per heavy atom. The highest BCUT2D eigenvalue weighted by Gasteiger charge is 2.24. The van der Waals surface area contributed by atoms with Gasteiger partial charge < -0.3 is 15.0 Å². The molecule has 1 aromatic carbocycles. The predicted octanol–water partition coefficient (Wildman–Crippen LogP) is 1.56. The minimum atomic E-state index is -0.0403. The number of ether oxygens (including phenoxy) is 1. The minimum absolute atomic E-state index is 0.0403. The number of piperidine rings is 1. The average molecular weight is 378 g/mol. The van der Waals surface area contributed by atoms with E-state index in [2.05, 4.69) is 22.3 Å². The number of thioether (sulfide) groups is 1. The van der Waals surface area contributed by atoms with Crippen molar-refractivity contribution in [2.75, 3.05) is 44.9 Å². The number of hydrogen-bond acceptors (Lipinski definition) is 5. The molecule has 0 spiro atoms. The van der Waals surface area contributed by atoms with Gasteiger partial charge in [0.2, 0.25) is 11.8 Å². The third kappa shape index (κ3) is 5.38. The molecule has 26 heavy (non-hydrogen) atoms. The number of hydrogen-bond donors (Lipinski definition) is 1. The molecule has 0 atom stereocenters. The fraction of sp³-hybridized carbons (Fsp3) is 0.579. The van der Waals surface area contributed by atoms with E-state index in [4.69, 9.17) is 4.74 Å². The van der Waals surface area contributed by atoms with Crippen LogP contribution in [0, 0.1) is 5.92 Å². The van der Waals surface area contributed by atoms with Crippen LogP contribution in [0.1, 0.15) is 18.4 Å². The zero-order valence-electron chi connectivity index (χ0n) is 15.3. The number of carbonyl (C=O) groups excluding carboxylic acids is 2. The summed E-state index contributed by atoms with van der Waals surface area (Å²) in [5, 5.41) is 3.00. The van der Waals surface area contributed by atoms with Crippen molar-refractivity contribution in [2.24, 2.45) is 5.92 Å². The van der Waals surface area contributed by atoms with Crippen molar-refractivity contribution < 1.29 is 14.3 Å². The van der Waals surface area contributed by atoms with E-state index in [9.17, 15) is 9.59 Å². The normalized spacial score (nSPS) is 19.0. The molecule has 1 aromatic rings. The number of benzene rings is 1. The fourth-order valence-corrected chi connectivity index (χ4v) is 4.27. The third-order valence-electron chi connectivity index (χ3n) is 5.02. The molecule has 2 heterocycles. The van der Waals surface area contributed by atoms with Gasteiger partial charge in [-0.2, -0.15) is 0 Å². The van der Waals surface area contributed by atoms with Crippen LogP contribution in [0.15, 0.2) is 24.3 Å². The van der Waals surface area contributed by atoms with Gasteiger partial charge in [-0.1, -0.05) is 12.1 Å². The number of nitrogens with zero attached hydrogens (tertiary/aromatic N) is 2. The highest BCUT2D eigenvalue weighted by Crippen LogP contribution is 2.20. The summed E-state index contributed by atoms with van der Waals surface area (Å²) in [4.78, 5) is 27.6. The summed E-state index contributed by atoms with van der Waals surface area (Å²) >= 11 is 1.57. The Morgan fingerprint density at radius 2 is 2.00 bits per heavy atom. The number of nitrogens with one attached hydrogen (secondary N) is 1. The molecule has 0 saturated carbocycles.